The summed E-state index contributed by atoms with van der Waals surface area (Å²) in [6, 6.07) is 17.9. The van der Waals surface area contributed by atoms with Gasteiger partial charge in [-0.25, -0.2) is 4.98 Å². The van der Waals surface area contributed by atoms with Crippen molar-refractivity contribution < 1.29 is 4.74 Å². The Hall–Kier alpha value is -2.52. The van der Waals surface area contributed by atoms with Crippen LogP contribution in [0.4, 0.5) is 0 Å². The van der Waals surface area contributed by atoms with Crippen LogP contribution in [0.3, 0.4) is 0 Å². The number of methoxy groups -OCH3 is 1. The summed E-state index contributed by atoms with van der Waals surface area (Å²) in [7, 11) is 1.64. The molecule has 2 aromatic heterocycles. The SMILES string of the molecule is COc1nc2ccccc2cc1-c1cc2cc(Cl)ccc2[nH]1. The van der Waals surface area contributed by atoms with Crippen LogP contribution in [-0.4, -0.2) is 17.1 Å². The predicted octanol–water partition coefficient (Wildman–Crippen LogP) is 5.05. The maximum Gasteiger partial charge on any atom is 0.223 e. The number of H-pyrrole nitrogens is 1. The van der Waals surface area contributed by atoms with E-state index in [2.05, 4.69) is 22.1 Å². The number of aromatic nitrogens is 2. The van der Waals surface area contributed by atoms with Crippen LogP contribution < -0.4 is 4.74 Å². The molecule has 0 aliphatic rings. The Balaban J connectivity index is 1.97. The molecule has 0 atom stereocenters. The Kier molecular flexibility index (Phi) is 3.01. The summed E-state index contributed by atoms with van der Waals surface area (Å²) in [4.78, 5) is 7.99. The first-order valence-corrected chi connectivity index (χ1v) is 7.35. The Bertz CT molecular complexity index is 991. The van der Waals surface area contributed by atoms with Gasteiger partial charge in [-0.2, -0.15) is 0 Å². The van der Waals surface area contributed by atoms with E-state index in [1.807, 2.05) is 42.5 Å². The van der Waals surface area contributed by atoms with Crippen molar-refractivity contribution in [2.75, 3.05) is 7.11 Å². The van der Waals surface area contributed by atoms with Gasteiger partial charge >= 0.3 is 0 Å². The zero-order valence-corrected chi connectivity index (χ0v) is 12.7. The van der Waals surface area contributed by atoms with Gasteiger partial charge < -0.3 is 9.72 Å². The number of halogens is 1. The minimum Gasteiger partial charge on any atom is -0.480 e. The molecule has 2 heterocycles. The number of para-hydroxylation sites is 1. The topological polar surface area (TPSA) is 37.9 Å². The third kappa shape index (κ3) is 2.11. The number of benzene rings is 2. The summed E-state index contributed by atoms with van der Waals surface area (Å²) in [5.41, 5.74) is 3.86. The van der Waals surface area contributed by atoms with Crippen LogP contribution in [0.15, 0.2) is 54.6 Å². The smallest absolute Gasteiger partial charge is 0.223 e. The van der Waals surface area contributed by atoms with Crippen LogP contribution >= 0.6 is 11.6 Å². The summed E-state index contributed by atoms with van der Waals surface area (Å²) in [5, 5.41) is 2.87. The van der Waals surface area contributed by atoms with Crippen molar-refractivity contribution in [3.63, 3.8) is 0 Å². The van der Waals surface area contributed by atoms with Gasteiger partial charge in [0.1, 0.15) is 0 Å². The number of ether oxygens (including phenoxy) is 1. The minimum atomic E-state index is 0.608. The van der Waals surface area contributed by atoms with Crippen LogP contribution in [0.2, 0.25) is 5.02 Å². The summed E-state index contributed by atoms with van der Waals surface area (Å²) in [6.45, 7) is 0. The third-order valence-electron chi connectivity index (χ3n) is 3.76. The number of hydrogen-bond acceptors (Lipinski definition) is 2. The van der Waals surface area contributed by atoms with E-state index in [-0.39, 0.29) is 0 Å². The van der Waals surface area contributed by atoms with Gasteiger partial charge in [0.05, 0.1) is 23.9 Å². The molecule has 4 rings (SSSR count). The van der Waals surface area contributed by atoms with Gasteiger partial charge in [-0.3, -0.25) is 0 Å². The van der Waals surface area contributed by atoms with Gasteiger partial charge in [0, 0.05) is 21.3 Å². The zero-order chi connectivity index (χ0) is 15.1. The molecule has 3 nitrogen and oxygen atoms in total. The lowest BCUT2D eigenvalue weighted by atomic mass is 10.1. The fourth-order valence-electron chi connectivity index (χ4n) is 2.70. The summed E-state index contributed by atoms with van der Waals surface area (Å²) >= 11 is 6.06. The Morgan fingerprint density at radius 2 is 1.86 bits per heavy atom. The van der Waals surface area contributed by atoms with Crippen molar-refractivity contribution >= 4 is 33.4 Å². The first kappa shape index (κ1) is 13.2. The molecular formula is C18H13ClN2O. The van der Waals surface area contributed by atoms with Gasteiger partial charge in [0.2, 0.25) is 5.88 Å². The van der Waals surface area contributed by atoms with Crippen LogP contribution in [0.5, 0.6) is 5.88 Å². The third-order valence-corrected chi connectivity index (χ3v) is 3.99. The summed E-state index contributed by atoms with van der Waals surface area (Å²) < 4.78 is 5.47. The van der Waals surface area contributed by atoms with E-state index in [9.17, 15) is 0 Å². The van der Waals surface area contributed by atoms with Crippen molar-refractivity contribution in [2.24, 2.45) is 0 Å². The maximum absolute atomic E-state index is 6.06. The van der Waals surface area contributed by atoms with Crippen molar-refractivity contribution in [3.05, 3.63) is 59.6 Å². The second-order valence-corrected chi connectivity index (χ2v) is 5.59. The Morgan fingerprint density at radius 3 is 2.73 bits per heavy atom. The van der Waals surface area contributed by atoms with Crippen LogP contribution in [-0.2, 0) is 0 Å². The molecule has 4 heteroatoms. The molecule has 0 unspecified atom stereocenters. The molecule has 0 saturated carbocycles. The fraction of sp³-hybridized carbons (Fsp3) is 0.0556. The second kappa shape index (κ2) is 5.04. The lowest BCUT2D eigenvalue weighted by Gasteiger charge is -2.08. The van der Waals surface area contributed by atoms with E-state index in [1.54, 1.807) is 7.11 Å². The number of pyridine rings is 1. The average molecular weight is 309 g/mol. The Labute approximate surface area is 132 Å². The molecule has 0 saturated heterocycles. The van der Waals surface area contributed by atoms with Gasteiger partial charge in [-0.15, -0.1) is 0 Å². The molecule has 0 radical (unpaired) electrons. The van der Waals surface area contributed by atoms with E-state index in [0.717, 1.165) is 38.1 Å². The largest absolute Gasteiger partial charge is 0.480 e. The molecule has 4 aromatic rings. The van der Waals surface area contributed by atoms with Gasteiger partial charge in [-0.1, -0.05) is 29.8 Å². The quantitative estimate of drug-likeness (QED) is 0.563. The first-order chi connectivity index (χ1) is 10.7. The monoisotopic (exact) mass is 308 g/mol. The highest BCUT2D eigenvalue weighted by atomic mass is 35.5. The Morgan fingerprint density at radius 1 is 1.00 bits per heavy atom. The standard InChI is InChI=1S/C18H13ClN2O/c1-22-18-14(9-11-4-2-3-5-15(11)21-18)17-10-12-8-13(19)6-7-16(12)20-17/h2-10,20H,1H3. The fourth-order valence-corrected chi connectivity index (χ4v) is 2.88. The number of fused-ring (bicyclic) bond motifs is 2. The maximum atomic E-state index is 6.06. The summed E-state index contributed by atoms with van der Waals surface area (Å²) in [6.07, 6.45) is 0. The summed E-state index contributed by atoms with van der Waals surface area (Å²) in [5.74, 6) is 0.608. The number of hydrogen-bond donors (Lipinski definition) is 1. The van der Waals surface area contributed by atoms with E-state index in [0.29, 0.717) is 5.88 Å². The molecule has 108 valence electrons. The molecular weight excluding hydrogens is 296 g/mol. The second-order valence-electron chi connectivity index (χ2n) is 5.15. The normalized spacial score (nSPS) is 11.2. The number of rotatable bonds is 2. The van der Waals surface area contributed by atoms with Crippen molar-refractivity contribution in [1.82, 2.24) is 9.97 Å². The average Bonchev–Trinajstić information content (AvgIpc) is 2.96. The van der Waals surface area contributed by atoms with E-state index in [1.165, 1.54) is 0 Å². The van der Waals surface area contributed by atoms with E-state index >= 15 is 0 Å². The van der Waals surface area contributed by atoms with Crippen LogP contribution in [0.25, 0.3) is 33.1 Å². The number of aromatic amines is 1. The molecule has 0 spiro atoms. The molecule has 0 aliphatic carbocycles. The van der Waals surface area contributed by atoms with E-state index < -0.39 is 0 Å². The van der Waals surface area contributed by atoms with Crippen molar-refractivity contribution in [1.29, 1.82) is 0 Å². The molecule has 22 heavy (non-hydrogen) atoms. The lowest BCUT2D eigenvalue weighted by molar-refractivity contribution is 0.401. The molecule has 0 aliphatic heterocycles. The highest BCUT2D eigenvalue weighted by Crippen LogP contribution is 2.33. The molecule has 0 bridgehead atoms. The van der Waals surface area contributed by atoms with Gasteiger partial charge in [0.15, 0.2) is 0 Å². The van der Waals surface area contributed by atoms with Crippen LogP contribution in [0, 0.1) is 0 Å². The number of nitrogens with zero attached hydrogens (tertiary/aromatic N) is 1. The minimum absolute atomic E-state index is 0.608. The highest BCUT2D eigenvalue weighted by molar-refractivity contribution is 6.31. The van der Waals surface area contributed by atoms with E-state index in [4.69, 9.17) is 16.3 Å². The molecule has 0 fully saturated rings. The number of nitrogens with one attached hydrogen (secondary N) is 1. The van der Waals surface area contributed by atoms with Crippen LogP contribution in [0.1, 0.15) is 0 Å². The predicted molar refractivity (Wildman–Crippen MR) is 90.6 cm³/mol. The zero-order valence-electron chi connectivity index (χ0n) is 11.9. The van der Waals surface area contributed by atoms with Crippen molar-refractivity contribution in [3.8, 4) is 17.1 Å². The molecule has 2 aromatic carbocycles. The lowest BCUT2D eigenvalue weighted by Crippen LogP contribution is -1.92. The first-order valence-electron chi connectivity index (χ1n) is 6.97. The molecule has 1 N–H and O–H groups in total. The van der Waals surface area contributed by atoms with Crippen molar-refractivity contribution in [2.45, 2.75) is 0 Å². The highest BCUT2D eigenvalue weighted by Gasteiger charge is 2.12. The van der Waals surface area contributed by atoms with Gasteiger partial charge in [-0.05, 0) is 36.4 Å². The molecule has 0 amide bonds. The van der Waals surface area contributed by atoms with Gasteiger partial charge in [0.25, 0.3) is 0 Å².